The summed E-state index contributed by atoms with van der Waals surface area (Å²) >= 11 is 12.0. The van der Waals surface area contributed by atoms with E-state index >= 15 is 0 Å². The third kappa shape index (κ3) is 5.35. The first-order chi connectivity index (χ1) is 14.6. The Balaban J connectivity index is 1.94. The summed E-state index contributed by atoms with van der Waals surface area (Å²) in [6.45, 7) is 3.50. The van der Waals surface area contributed by atoms with Gasteiger partial charge in [0.25, 0.3) is 0 Å². The van der Waals surface area contributed by atoms with Gasteiger partial charge in [-0.25, -0.2) is 4.79 Å². The Morgan fingerprint density at radius 2 is 1.74 bits per heavy atom. The number of hydrogen-bond donors (Lipinski definition) is 0. The number of halogens is 5. The van der Waals surface area contributed by atoms with Gasteiger partial charge >= 0.3 is 12.1 Å². The minimum absolute atomic E-state index is 0.103. The van der Waals surface area contributed by atoms with Crippen LogP contribution in [0.15, 0.2) is 48.5 Å². The molecule has 3 aromatic carbocycles. The van der Waals surface area contributed by atoms with Gasteiger partial charge in [0.1, 0.15) is 11.5 Å². The van der Waals surface area contributed by atoms with Gasteiger partial charge in [-0.1, -0.05) is 41.4 Å². The standard InChI is InChI=1S/C22H17Cl2F3O4/c1-3-29-21(28)12(2)30-19-6-4-5-13-7-8-15(11-16(13)19)31-20-17(23)9-14(10-18(20)24)22(25,26)27/h4-12H,3H2,1-2H3/t12-/m1/s1. The molecule has 0 aliphatic carbocycles. The van der Waals surface area contributed by atoms with Crippen LogP contribution in [-0.4, -0.2) is 18.7 Å². The lowest BCUT2D eigenvalue weighted by Crippen LogP contribution is -2.26. The maximum absolute atomic E-state index is 12.9. The molecule has 3 aromatic rings. The smallest absolute Gasteiger partial charge is 0.416 e. The topological polar surface area (TPSA) is 44.8 Å². The largest absolute Gasteiger partial charge is 0.478 e. The van der Waals surface area contributed by atoms with Crippen molar-refractivity contribution in [3.63, 3.8) is 0 Å². The predicted octanol–water partition coefficient (Wildman–Crippen LogP) is 7.29. The zero-order valence-electron chi connectivity index (χ0n) is 16.4. The van der Waals surface area contributed by atoms with Crippen molar-refractivity contribution in [1.29, 1.82) is 0 Å². The summed E-state index contributed by atoms with van der Waals surface area (Å²) in [5, 5.41) is 0.863. The van der Waals surface area contributed by atoms with E-state index in [2.05, 4.69) is 0 Å². The molecule has 0 saturated carbocycles. The van der Waals surface area contributed by atoms with Crippen LogP contribution in [0.2, 0.25) is 10.0 Å². The van der Waals surface area contributed by atoms with Crippen molar-refractivity contribution in [1.82, 2.24) is 0 Å². The van der Waals surface area contributed by atoms with Crippen LogP contribution in [0.5, 0.6) is 17.2 Å². The Bertz CT molecular complexity index is 1090. The van der Waals surface area contributed by atoms with E-state index in [1.165, 1.54) is 0 Å². The molecule has 4 nitrogen and oxygen atoms in total. The highest BCUT2D eigenvalue weighted by atomic mass is 35.5. The van der Waals surface area contributed by atoms with Gasteiger partial charge in [-0.05, 0) is 49.6 Å². The number of rotatable bonds is 6. The summed E-state index contributed by atoms with van der Waals surface area (Å²) in [5.74, 6) is 0.0770. The molecule has 0 spiro atoms. The van der Waals surface area contributed by atoms with Crippen molar-refractivity contribution in [2.45, 2.75) is 26.1 Å². The Morgan fingerprint density at radius 1 is 1.06 bits per heavy atom. The molecule has 0 amide bonds. The lowest BCUT2D eigenvalue weighted by atomic mass is 10.1. The second kappa shape index (κ2) is 9.24. The number of carbonyl (C=O) groups is 1. The van der Waals surface area contributed by atoms with E-state index in [4.69, 9.17) is 37.4 Å². The number of hydrogen-bond acceptors (Lipinski definition) is 4. The van der Waals surface area contributed by atoms with E-state index in [0.29, 0.717) is 11.1 Å². The molecule has 9 heteroatoms. The molecule has 3 rings (SSSR count). The summed E-state index contributed by atoms with van der Waals surface area (Å²) in [6.07, 6.45) is -5.43. The third-order valence-electron chi connectivity index (χ3n) is 4.28. The van der Waals surface area contributed by atoms with E-state index in [1.54, 1.807) is 44.2 Å². The van der Waals surface area contributed by atoms with Gasteiger partial charge in [0.05, 0.1) is 22.2 Å². The Hall–Kier alpha value is -2.64. The van der Waals surface area contributed by atoms with Crippen LogP contribution in [0.1, 0.15) is 19.4 Å². The van der Waals surface area contributed by atoms with Crippen LogP contribution in [0.3, 0.4) is 0 Å². The molecular formula is C22H17Cl2F3O4. The minimum atomic E-state index is -4.59. The second-order valence-electron chi connectivity index (χ2n) is 6.52. The first-order valence-electron chi connectivity index (χ1n) is 9.20. The average molecular weight is 473 g/mol. The Morgan fingerprint density at radius 3 is 2.35 bits per heavy atom. The van der Waals surface area contributed by atoms with Gasteiger partial charge in [-0.3, -0.25) is 0 Å². The quantitative estimate of drug-likeness (QED) is 0.353. The van der Waals surface area contributed by atoms with Gasteiger partial charge in [0, 0.05) is 5.39 Å². The van der Waals surface area contributed by atoms with Gasteiger partial charge in [0.15, 0.2) is 11.9 Å². The van der Waals surface area contributed by atoms with Gasteiger partial charge in [0.2, 0.25) is 0 Å². The lowest BCUT2D eigenvalue weighted by molar-refractivity contribution is -0.150. The van der Waals surface area contributed by atoms with Crippen LogP contribution >= 0.6 is 23.2 Å². The van der Waals surface area contributed by atoms with Crippen molar-refractivity contribution in [2.75, 3.05) is 6.61 Å². The first kappa shape index (κ1) is 23.0. The van der Waals surface area contributed by atoms with E-state index in [1.807, 2.05) is 6.07 Å². The van der Waals surface area contributed by atoms with Crippen LogP contribution in [0, 0.1) is 0 Å². The molecule has 0 radical (unpaired) electrons. The molecule has 0 aliphatic rings. The number of esters is 1. The van der Waals surface area contributed by atoms with E-state index < -0.39 is 23.8 Å². The highest BCUT2D eigenvalue weighted by Gasteiger charge is 2.32. The number of benzene rings is 3. The first-order valence-corrected chi connectivity index (χ1v) is 9.96. The molecule has 31 heavy (non-hydrogen) atoms. The van der Waals surface area contributed by atoms with Crippen molar-refractivity contribution in [3.05, 3.63) is 64.1 Å². The number of ether oxygens (including phenoxy) is 3. The number of alkyl halides is 3. The highest BCUT2D eigenvalue weighted by Crippen LogP contribution is 2.42. The molecule has 0 heterocycles. The summed E-state index contributed by atoms with van der Waals surface area (Å²) < 4.78 is 55.2. The molecule has 0 aliphatic heterocycles. The molecule has 164 valence electrons. The maximum atomic E-state index is 12.9. The molecule has 0 fully saturated rings. The second-order valence-corrected chi connectivity index (χ2v) is 7.33. The highest BCUT2D eigenvalue weighted by molar-refractivity contribution is 6.37. The number of fused-ring (bicyclic) bond motifs is 1. The van der Waals surface area contributed by atoms with Crippen LogP contribution in [-0.2, 0) is 15.7 Å². The summed E-state index contributed by atoms with van der Waals surface area (Å²) in [4.78, 5) is 11.9. The molecular weight excluding hydrogens is 456 g/mol. The molecule has 1 atom stereocenters. The van der Waals surface area contributed by atoms with Gasteiger partial charge < -0.3 is 14.2 Å². The van der Waals surface area contributed by atoms with Gasteiger partial charge in [-0.15, -0.1) is 0 Å². The van der Waals surface area contributed by atoms with Crippen molar-refractivity contribution < 1.29 is 32.2 Å². The summed E-state index contributed by atoms with van der Waals surface area (Å²) in [6, 6.07) is 11.7. The zero-order chi connectivity index (χ0) is 22.8. The van der Waals surface area contributed by atoms with E-state index in [9.17, 15) is 18.0 Å². The zero-order valence-corrected chi connectivity index (χ0v) is 17.9. The normalized spacial score (nSPS) is 12.5. The molecule has 0 unspecified atom stereocenters. The van der Waals surface area contributed by atoms with Crippen molar-refractivity contribution >= 4 is 39.9 Å². The lowest BCUT2D eigenvalue weighted by Gasteiger charge is -2.16. The Kier molecular flexibility index (Phi) is 6.86. The van der Waals surface area contributed by atoms with E-state index in [-0.39, 0.29) is 28.2 Å². The fraction of sp³-hybridized carbons (Fsp3) is 0.227. The van der Waals surface area contributed by atoms with Crippen LogP contribution in [0.4, 0.5) is 13.2 Å². The molecule has 0 aromatic heterocycles. The van der Waals surface area contributed by atoms with Crippen LogP contribution < -0.4 is 9.47 Å². The minimum Gasteiger partial charge on any atom is -0.478 e. The van der Waals surface area contributed by atoms with Crippen LogP contribution in [0.25, 0.3) is 10.8 Å². The predicted molar refractivity (Wildman–Crippen MR) is 112 cm³/mol. The van der Waals surface area contributed by atoms with Gasteiger partial charge in [-0.2, -0.15) is 13.2 Å². The fourth-order valence-corrected chi connectivity index (χ4v) is 3.39. The molecule has 0 saturated heterocycles. The van der Waals surface area contributed by atoms with E-state index in [0.717, 1.165) is 17.5 Å². The fourth-order valence-electron chi connectivity index (χ4n) is 2.83. The SMILES string of the molecule is CCOC(=O)[C@@H](C)Oc1cccc2ccc(Oc3c(Cl)cc(C(F)(F)F)cc3Cl)cc12. The average Bonchev–Trinajstić information content (AvgIpc) is 2.70. The summed E-state index contributed by atoms with van der Waals surface area (Å²) in [7, 11) is 0. The summed E-state index contributed by atoms with van der Waals surface area (Å²) in [5.41, 5.74) is -0.975. The monoisotopic (exact) mass is 472 g/mol. The number of carbonyl (C=O) groups excluding carboxylic acids is 1. The molecule has 0 N–H and O–H groups in total. The van der Waals surface area contributed by atoms with Crippen molar-refractivity contribution in [2.24, 2.45) is 0 Å². The third-order valence-corrected chi connectivity index (χ3v) is 4.84. The Labute approximate surface area is 186 Å². The van der Waals surface area contributed by atoms with Crippen molar-refractivity contribution in [3.8, 4) is 17.2 Å². The maximum Gasteiger partial charge on any atom is 0.416 e. The molecule has 0 bridgehead atoms.